The van der Waals surface area contributed by atoms with Crippen molar-refractivity contribution in [3.8, 4) is 0 Å². The number of hydrogen-bond donors (Lipinski definition) is 2. The molecule has 0 aliphatic carbocycles. The fraction of sp³-hybridized carbons (Fsp3) is 0.619. The van der Waals surface area contributed by atoms with Gasteiger partial charge in [0.1, 0.15) is 0 Å². The lowest BCUT2D eigenvalue weighted by molar-refractivity contribution is -0.134. The van der Waals surface area contributed by atoms with Gasteiger partial charge in [-0.25, -0.2) is 4.79 Å². The van der Waals surface area contributed by atoms with E-state index >= 15 is 0 Å². The Hall–Kier alpha value is -2.12. The Bertz CT molecular complexity index is 667. The van der Waals surface area contributed by atoms with E-state index < -0.39 is 0 Å². The number of nitrogens with one attached hydrogen (secondary N) is 2. The van der Waals surface area contributed by atoms with Crippen molar-refractivity contribution < 1.29 is 14.3 Å². The van der Waals surface area contributed by atoms with E-state index in [2.05, 4.69) is 22.5 Å². The van der Waals surface area contributed by atoms with Crippen LogP contribution in [0.15, 0.2) is 30.3 Å². The van der Waals surface area contributed by atoms with Crippen molar-refractivity contribution in [2.45, 2.75) is 50.4 Å². The average molecular weight is 389 g/mol. The lowest BCUT2D eigenvalue weighted by Gasteiger charge is -2.35. The van der Waals surface area contributed by atoms with Gasteiger partial charge >= 0.3 is 6.03 Å². The van der Waals surface area contributed by atoms with Crippen LogP contribution in [0.4, 0.5) is 4.79 Å². The molecule has 1 aromatic carbocycles. The number of carbonyl (C=O) groups is 2. The molecular weight excluding hydrogens is 356 g/mol. The molecule has 0 aromatic heterocycles. The molecule has 28 heavy (non-hydrogen) atoms. The van der Waals surface area contributed by atoms with Crippen LogP contribution >= 0.6 is 0 Å². The molecule has 2 aliphatic rings. The topological polar surface area (TPSA) is 73.9 Å². The van der Waals surface area contributed by atoms with Crippen LogP contribution in [-0.2, 0) is 9.53 Å². The van der Waals surface area contributed by atoms with Crippen molar-refractivity contribution in [1.82, 2.24) is 20.4 Å². The number of amides is 3. The van der Waals surface area contributed by atoms with Crippen LogP contribution in [0.25, 0.3) is 0 Å². The number of hydrogen-bond acceptors (Lipinski definition) is 4. The Morgan fingerprint density at radius 3 is 2.68 bits per heavy atom. The molecule has 3 amide bonds. The first-order valence-corrected chi connectivity index (χ1v) is 10.1. The predicted molar refractivity (Wildman–Crippen MR) is 108 cm³/mol. The van der Waals surface area contributed by atoms with Crippen molar-refractivity contribution >= 4 is 11.9 Å². The molecule has 2 fully saturated rings. The van der Waals surface area contributed by atoms with Crippen LogP contribution in [0.2, 0.25) is 0 Å². The van der Waals surface area contributed by atoms with Crippen molar-refractivity contribution in [1.29, 1.82) is 0 Å². The molecule has 7 heteroatoms. The summed E-state index contributed by atoms with van der Waals surface area (Å²) < 4.78 is 5.89. The number of rotatable bonds is 6. The Labute approximate surface area is 167 Å². The molecule has 4 atom stereocenters. The smallest absolute Gasteiger partial charge is 0.315 e. The van der Waals surface area contributed by atoms with Gasteiger partial charge in [0, 0.05) is 39.3 Å². The van der Waals surface area contributed by atoms with Crippen molar-refractivity contribution in [2.24, 2.45) is 0 Å². The minimum atomic E-state index is -0.124. The third-order valence-electron chi connectivity index (χ3n) is 5.64. The van der Waals surface area contributed by atoms with Gasteiger partial charge in [0.05, 0.1) is 25.2 Å². The Kier molecular flexibility index (Phi) is 6.91. The summed E-state index contributed by atoms with van der Waals surface area (Å²) in [6.07, 6.45) is 2.06. The van der Waals surface area contributed by atoms with E-state index in [9.17, 15) is 9.59 Å². The van der Waals surface area contributed by atoms with Gasteiger partial charge in [0.2, 0.25) is 5.91 Å². The molecule has 0 bridgehead atoms. The zero-order valence-electron chi connectivity index (χ0n) is 17.1. The van der Waals surface area contributed by atoms with E-state index in [0.717, 1.165) is 31.5 Å². The minimum absolute atomic E-state index is 0.00921. The van der Waals surface area contributed by atoms with Crippen LogP contribution in [-0.4, -0.2) is 73.7 Å². The quantitative estimate of drug-likeness (QED) is 0.779. The summed E-state index contributed by atoms with van der Waals surface area (Å²) in [5.41, 5.74) is 1.12. The highest BCUT2D eigenvalue weighted by Gasteiger charge is 2.38. The maximum absolute atomic E-state index is 12.5. The third kappa shape index (κ3) is 5.23. The van der Waals surface area contributed by atoms with Gasteiger partial charge in [-0.3, -0.25) is 9.69 Å². The fourth-order valence-electron chi connectivity index (χ4n) is 4.04. The van der Waals surface area contributed by atoms with Crippen LogP contribution < -0.4 is 10.6 Å². The number of urea groups is 1. The highest BCUT2D eigenvalue weighted by atomic mass is 16.5. The molecule has 0 unspecified atom stereocenters. The number of ether oxygens (including phenoxy) is 1. The number of nitrogens with zero attached hydrogens (tertiary/aromatic N) is 2. The molecular formula is C21H32N4O3. The molecule has 2 saturated heterocycles. The second-order valence-electron chi connectivity index (χ2n) is 7.98. The summed E-state index contributed by atoms with van der Waals surface area (Å²) in [6, 6.07) is 10.3. The van der Waals surface area contributed by atoms with Gasteiger partial charge < -0.3 is 20.3 Å². The zero-order valence-corrected chi connectivity index (χ0v) is 17.1. The second kappa shape index (κ2) is 9.39. The van der Waals surface area contributed by atoms with Gasteiger partial charge in [-0.15, -0.1) is 0 Å². The molecule has 0 saturated carbocycles. The van der Waals surface area contributed by atoms with Gasteiger partial charge in [0.15, 0.2) is 0 Å². The van der Waals surface area contributed by atoms with E-state index in [1.54, 1.807) is 19.0 Å². The van der Waals surface area contributed by atoms with E-state index in [-0.39, 0.29) is 30.1 Å². The van der Waals surface area contributed by atoms with Crippen LogP contribution in [0, 0.1) is 0 Å². The van der Waals surface area contributed by atoms with Crippen LogP contribution in [0.5, 0.6) is 0 Å². The largest absolute Gasteiger partial charge is 0.375 e. The fourth-order valence-corrected chi connectivity index (χ4v) is 4.04. The normalized spacial score (nSPS) is 25.6. The summed E-state index contributed by atoms with van der Waals surface area (Å²) >= 11 is 0. The minimum Gasteiger partial charge on any atom is -0.375 e. The van der Waals surface area contributed by atoms with Gasteiger partial charge in [0.25, 0.3) is 0 Å². The van der Waals surface area contributed by atoms with Gasteiger partial charge in [-0.2, -0.15) is 0 Å². The number of carbonyl (C=O) groups excluding carboxylic acids is 2. The molecule has 1 aromatic rings. The van der Waals surface area contributed by atoms with E-state index in [1.165, 1.54) is 0 Å². The van der Waals surface area contributed by atoms with E-state index in [1.807, 2.05) is 30.3 Å². The summed E-state index contributed by atoms with van der Waals surface area (Å²) in [6.45, 7) is 4.23. The second-order valence-corrected chi connectivity index (χ2v) is 7.98. The van der Waals surface area contributed by atoms with Crippen LogP contribution in [0.3, 0.4) is 0 Å². The number of benzene rings is 1. The summed E-state index contributed by atoms with van der Waals surface area (Å²) in [5, 5.41) is 6.21. The predicted octanol–water partition coefficient (Wildman–Crippen LogP) is 1.76. The number of fused-ring (bicyclic) bond motifs is 1. The Morgan fingerprint density at radius 2 is 2.00 bits per heavy atom. The van der Waals surface area contributed by atoms with Crippen molar-refractivity contribution in [3.63, 3.8) is 0 Å². The molecule has 7 nitrogen and oxygen atoms in total. The molecule has 2 heterocycles. The molecule has 0 radical (unpaired) electrons. The van der Waals surface area contributed by atoms with Crippen molar-refractivity contribution in [2.75, 3.05) is 33.8 Å². The van der Waals surface area contributed by atoms with Crippen molar-refractivity contribution in [3.05, 3.63) is 35.9 Å². The SMILES string of the molecule is CC[C@@H](NC(=O)N[C@H]1C[C@H]2CO[C@@H](CC(=O)N(C)C)CN2C1)c1ccccc1. The highest BCUT2D eigenvalue weighted by Crippen LogP contribution is 2.25. The standard InChI is InChI=1S/C21H32N4O3/c1-4-19(15-8-6-5-7-9-15)23-21(27)22-16-10-17-14-28-18(13-25(17)12-16)11-20(26)24(2)3/h5-9,16-19H,4,10-14H2,1-3H3,(H2,22,23,27)/t16-,17-,18-,19+/m0/s1. The maximum atomic E-state index is 12.5. The molecule has 154 valence electrons. The highest BCUT2D eigenvalue weighted by molar-refractivity contribution is 5.76. The van der Waals surface area contributed by atoms with Gasteiger partial charge in [-0.05, 0) is 18.4 Å². The Balaban J connectivity index is 1.48. The number of morpholine rings is 1. The summed E-state index contributed by atoms with van der Waals surface area (Å²) in [7, 11) is 3.53. The first-order chi connectivity index (χ1) is 13.5. The molecule has 3 rings (SSSR count). The summed E-state index contributed by atoms with van der Waals surface area (Å²) in [5.74, 6) is 0.0863. The first-order valence-electron chi connectivity index (χ1n) is 10.1. The first kappa shape index (κ1) is 20.6. The lowest BCUT2D eigenvalue weighted by Crippen LogP contribution is -2.48. The average Bonchev–Trinajstić information content (AvgIpc) is 3.08. The lowest BCUT2D eigenvalue weighted by atomic mass is 10.1. The Morgan fingerprint density at radius 1 is 1.25 bits per heavy atom. The maximum Gasteiger partial charge on any atom is 0.315 e. The molecule has 2 N–H and O–H groups in total. The monoisotopic (exact) mass is 388 g/mol. The van der Waals surface area contributed by atoms with E-state index in [4.69, 9.17) is 4.74 Å². The zero-order chi connectivity index (χ0) is 20.1. The molecule has 2 aliphatic heterocycles. The van der Waals surface area contributed by atoms with Crippen LogP contribution in [0.1, 0.15) is 37.8 Å². The van der Waals surface area contributed by atoms with Gasteiger partial charge in [-0.1, -0.05) is 37.3 Å². The third-order valence-corrected chi connectivity index (χ3v) is 5.64. The van der Waals surface area contributed by atoms with E-state index in [0.29, 0.717) is 19.1 Å². The molecule has 0 spiro atoms. The summed E-state index contributed by atoms with van der Waals surface area (Å²) in [4.78, 5) is 28.4.